The maximum atomic E-state index is 12.8. The Hall–Kier alpha value is -2.70. The summed E-state index contributed by atoms with van der Waals surface area (Å²) < 4.78 is 0. The summed E-state index contributed by atoms with van der Waals surface area (Å²) >= 11 is 0. The molecule has 1 aliphatic carbocycles. The Morgan fingerprint density at radius 3 is 2.60 bits per heavy atom. The summed E-state index contributed by atoms with van der Waals surface area (Å²) in [7, 11) is 1.41. The van der Waals surface area contributed by atoms with Gasteiger partial charge in [0.05, 0.1) is 16.5 Å². The first kappa shape index (κ1) is 15.8. The first-order valence-corrected chi connectivity index (χ1v) is 8.34. The van der Waals surface area contributed by atoms with Gasteiger partial charge in [-0.3, -0.25) is 24.1 Å². The first-order chi connectivity index (χ1) is 11.8. The van der Waals surface area contributed by atoms with Crippen molar-refractivity contribution in [3.05, 3.63) is 34.9 Å². The lowest BCUT2D eigenvalue weighted by atomic mass is 9.81. The van der Waals surface area contributed by atoms with Crippen molar-refractivity contribution in [1.29, 1.82) is 0 Å². The lowest BCUT2D eigenvalue weighted by Crippen LogP contribution is -2.37. The molecule has 7 heteroatoms. The van der Waals surface area contributed by atoms with Gasteiger partial charge in [0.25, 0.3) is 17.7 Å². The van der Waals surface area contributed by atoms with Crippen LogP contribution in [0.4, 0.5) is 0 Å². The van der Waals surface area contributed by atoms with Gasteiger partial charge >= 0.3 is 5.97 Å². The van der Waals surface area contributed by atoms with Gasteiger partial charge in [0, 0.05) is 25.7 Å². The van der Waals surface area contributed by atoms with Crippen LogP contribution in [0, 0.1) is 11.3 Å². The number of benzene rings is 1. The number of carbonyl (C=O) groups is 4. The third-order valence-corrected chi connectivity index (χ3v) is 5.92. The van der Waals surface area contributed by atoms with Crippen molar-refractivity contribution in [3.8, 4) is 0 Å². The second-order valence-corrected chi connectivity index (χ2v) is 7.17. The van der Waals surface area contributed by atoms with Crippen LogP contribution in [-0.4, -0.2) is 58.7 Å². The molecule has 1 saturated carbocycles. The molecule has 0 aromatic heterocycles. The Bertz CT molecular complexity index is 833. The summed E-state index contributed by atoms with van der Waals surface area (Å²) in [6.07, 6.45) is 2.29. The van der Waals surface area contributed by atoms with Crippen LogP contribution in [0.1, 0.15) is 50.3 Å². The van der Waals surface area contributed by atoms with Gasteiger partial charge in [0.2, 0.25) is 0 Å². The van der Waals surface area contributed by atoms with Gasteiger partial charge in [-0.15, -0.1) is 0 Å². The highest BCUT2D eigenvalue weighted by Gasteiger charge is 2.55. The summed E-state index contributed by atoms with van der Waals surface area (Å²) in [5, 5.41) is 9.64. The molecule has 7 nitrogen and oxygen atoms in total. The number of hydrogen-bond donors (Lipinski definition) is 1. The molecule has 25 heavy (non-hydrogen) atoms. The van der Waals surface area contributed by atoms with E-state index in [-0.39, 0.29) is 29.8 Å². The summed E-state index contributed by atoms with van der Waals surface area (Å²) in [4.78, 5) is 51.2. The number of imide groups is 1. The number of fused-ring (bicyclic) bond motifs is 2. The maximum absolute atomic E-state index is 12.8. The predicted molar refractivity (Wildman–Crippen MR) is 86.2 cm³/mol. The maximum Gasteiger partial charge on any atom is 0.311 e. The molecular weight excluding hydrogens is 324 g/mol. The molecule has 3 amide bonds. The lowest BCUT2D eigenvalue weighted by Gasteiger charge is -2.23. The molecule has 1 aromatic rings. The normalized spacial score (nSPS) is 27.6. The largest absolute Gasteiger partial charge is 0.481 e. The summed E-state index contributed by atoms with van der Waals surface area (Å²) in [6.45, 7) is 0.630. The molecule has 0 spiro atoms. The van der Waals surface area contributed by atoms with Gasteiger partial charge < -0.3 is 10.0 Å². The molecule has 2 fully saturated rings. The Labute approximate surface area is 144 Å². The zero-order chi connectivity index (χ0) is 17.9. The number of nitrogens with zero attached hydrogens (tertiary/aromatic N) is 2. The van der Waals surface area contributed by atoms with E-state index in [4.69, 9.17) is 0 Å². The number of hydrogen-bond acceptors (Lipinski definition) is 4. The zero-order valence-corrected chi connectivity index (χ0v) is 13.8. The third kappa shape index (κ3) is 2.04. The SMILES string of the molecule is CN1C(=O)c2ccc(C(=O)N3C[C@@H]4CCC[C@@]4(C(=O)O)C3)cc2C1=O. The van der Waals surface area contributed by atoms with E-state index < -0.39 is 17.3 Å². The molecule has 2 atom stereocenters. The summed E-state index contributed by atoms with van der Waals surface area (Å²) in [5.74, 6) is -1.93. The minimum atomic E-state index is -0.835. The van der Waals surface area contributed by atoms with E-state index >= 15 is 0 Å². The fourth-order valence-corrected chi connectivity index (χ4v) is 4.47. The summed E-state index contributed by atoms with van der Waals surface area (Å²) in [6, 6.07) is 4.48. The fraction of sp³-hybridized carbons (Fsp3) is 0.444. The van der Waals surface area contributed by atoms with E-state index in [1.165, 1.54) is 25.2 Å². The number of carbonyl (C=O) groups excluding carboxylic acids is 3. The quantitative estimate of drug-likeness (QED) is 0.816. The number of amides is 3. The molecule has 0 bridgehead atoms. The number of carboxylic acids is 1. The molecule has 130 valence electrons. The fourth-order valence-electron chi connectivity index (χ4n) is 4.47. The van der Waals surface area contributed by atoms with Gasteiger partial charge in [-0.25, -0.2) is 0 Å². The first-order valence-electron chi connectivity index (χ1n) is 8.34. The lowest BCUT2D eigenvalue weighted by molar-refractivity contribution is -0.149. The molecule has 1 N–H and O–H groups in total. The molecule has 4 rings (SSSR count). The van der Waals surface area contributed by atoms with Crippen molar-refractivity contribution < 1.29 is 24.3 Å². The van der Waals surface area contributed by atoms with E-state index in [1.807, 2.05) is 0 Å². The highest BCUT2D eigenvalue weighted by molar-refractivity contribution is 6.21. The van der Waals surface area contributed by atoms with Crippen LogP contribution in [0.5, 0.6) is 0 Å². The minimum Gasteiger partial charge on any atom is -0.481 e. The predicted octanol–water partition coefficient (Wildman–Crippen LogP) is 1.24. The average molecular weight is 342 g/mol. The average Bonchev–Trinajstić information content (AvgIpc) is 3.22. The Morgan fingerprint density at radius 1 is 1.20 bits per heavy atom. The van der Waals surface area contributed by atoms with Crippen molar-refractivity contribution in [3.63, 3.8) is 0 Å². The standard InChI is InChI=1S/C18H18N2O5/c1-19-15(22)12-5-4-10(7-13(12)16(19)23)14(21)20-8-11-3-2-6-18(11,9-20)17(24)25/h4-5,7,11H,2-3,6,8-9H2,1H3,(H,24,25)/t11-,18+/m0/s1. The molecular formula is C18H18N2O5. The zero-order valence-electron chi connectivity index (χ0n) is 13.8. The number of rotatable bonds is 2. The van der Waals surface area contributed by atoms with E-state index in [0.29, 0.717) is 24.1 Å². The highest BCUT2D eigenvalue weighted by atomic mass is 16.4. The minimum absolute atomic E-state index is 0.0160. The highest BCUT2D eigenvalue weighted by Crippen LogP contribution is 2.49. The summed E-state index contributed by atoms with van der Waals surface area (Å²) in [5.41, 5.74) is 0.00373. The van der Waals surface area contributed by atoms with Crippen molar-refractivity contribution >= 4 is 23.7 Å². The number of likely N-dealkylation sites (tertiary alicyclic amines) is 1. The number of aliphatic carboxylic acids is 1. The van der Waals surface area contributed by atoms with Crippen molar-refractivity contribution in [2.45, 2.75) is 19.3 Å². The van der Waals surface area contributed by atoms with Crippen molar-refractivity contribution in [1.82, 2.24) is 9.80 Å². The molecule has 0 unspecified atom stereocenters. The van der Waals surface area contributed by atoms with Crippen LogP contribution < -0.4 is 0 Å². The van der Waals surface area contributed by atoms with Gasteiger partial charge in [-0.05, 0) is 37.0 Å². The van der Waals surface area contributed by atoms with Crippen molar-refractivity contribution in [2.75, 3.05) is 20.1 Å². The van der Waals surface area contributed by atoms with E-state index in [1.54, 1.807) is 4.90 Å². The van der Waals surface area contributed by atoms with E-state index in [9.17, 15) is 24.3 Å². The second kappa shape index (κ2) is 5.15. The van der Waals surface area contributed by atoms with Gasteiger partial charge in [-0.2, -0.15) is 0 Å². The van der Waals surface area contributed by atoms with E-state index in [2.05, 4.69) is 0 Å². The van der Waals surface area contributed by atoms with Crippen LogP contribution in [0.2, 0.25) is 0 Å². The molecule has 3 aliphatic rings. The molecule has 0 radical (unpaired) electrons. The molecule has 2 aliphatic heterocycles. The monoisotopic (exact) mass is 342 g/mol. The van der Waals surface area contributed by atoms with Crippen LogP contribution in [-0.2, 0) is 4.79 Å². The van der Waals surface area contributed by atoms with Crippen LogP contribution in [0.15, 0.2) is 18.2 Å². The van der Waals surface area contributed by atoms with Gasteiger partial charge in [-0.1, -0.05) is 6.42 Å². The third-order valence-electron chi connectivity index (χ3n) is 5.92. The van der Waals surface area contributed by atoms with E-state index in [0.717, 1.165) is 17.7 Å². The Balaban J connectivity index is 1.62. The molecule has 2 heterocycles. The number of carboxylic acid groups (broad SMARTS) is 1. The molecule has 1 saturated heterocycles. The molecule has 1 aromatic carbocycles. The Morgan fingerprint density at radius 2 is 1.92 bits per heavy atom. The van der Waals surface area contributed by atoms with Gasteiger partial charge in [0.15, 0.2) is 0 Å². The van der Waals surface area contributed by atoms with Crippen LogP contribution in [0.3, 0.4) is 0 Å². The second-order valence-electron chi connectivity index (χ2n) is 7.17. The van der Waals surface area contributed by atoms with Crippen LogP contribution in [0.25, 0.3) is 0 Å². The topological polar surface area (TPSA) is 95.0 Å². The Kier molecular flexibility index (Phi) is 3.25. The van der Waals surface area contributed by atoms with Gasteiger partial charge in [0.1, 0.15) is 0 Å². The van der Waals surface area contributed by atoms with Crippen molar-refractivity contribution in [2.24, 2.45) is 11.3 Å². The smallest absolute Gasteiger partial charge is 0.311 e. The van der Waals surface area contributed by atoms with Crippen LogP contribution >= 0.6 is 0 Å².